The predicted molar refractivity (Wildman–Crippen MR) is 95.3 cm³/mol. The van der Waals surface area contributed by atoms with Gasteiger partial charge in [-0.25, -0.2) is 4.79 Å². The molecule has 3 N–H and O–H groups in total. The van der Waals surface area contributed by atoms with Crippen LogP contribution in [0, 0.1) is 0 Å². The second-order valence-corrected chi connectivity index (χ2v) is 13.5. The van der Waals surface area contributed by atoms with Crippen LogP contribution in [0.1, 0.15) is 20.8 Å². The molecule has 0 aromatic carbocycles. The Morgan fingerprint density at radius 3 is 2.44 bits per heavy atom. The van der Waals surface area contributed by atoms with Crippen molar-refractivity contribution in [2.45, 2.75) is 62.6 Å². The van der Waals surface area contributed by atoms with Gasteiger partial charge in [-0.2, -0.15) is 0 Å². The Labute approximate surface area is 147 Å². The van der Waals surface area contributed by atoms with E-state index in [1.165, 1.54) is 23.9 Å². The molecule has 1 fully saturated rings. The van der Waals surface area contributed by atoms with E-state index in [9.17, 15) is 19.8 Å². The van der Waals surface area contributed by atoms with Crippen LogP contribution in [0.4, 0.5) is 0 Å². The van der Waals surface area contributed by atoms with E-state index in [0.717, 1.165) is 0 Å². The van der Waals surface area contributed by atoms with Crippen LogP contribution in [-0.2, 0) is 14.8 Å². The molecule has 0 spiro atoms. The normalized spacial score (nSPS) is 30.6. The molecule has 1 aliphatic heterocycles. The van der Waals surface area contributed by atoms with Gasteiger partial charge in [0.15, 0.2) is 5.35 Å². The molecule has 4 atom stereocenters. The maximum absolute atomic E-state index is 12.6. The highest BCUT2D eigenvalue weighted by Gasteiger charge is 2.67. The number of aliphatic hydroxyl groups excluding tert-OH is 2. The number of nitrogens with zero attached hydrogens (tertiary/aromatic N) is 1. The molecule has 1 aliphatic rings. The quantitative estimate of drug-likeness (QED) is 0.641. The van der Waals surface area contributed by atoms with E-state index < -0.39 is 49.6 Å². The van der Waals surface area contributed by atoms with Gasteiger partial charge in [0.2, 0.25) is 0 Å². The molecule has 2 rings (SSSR count). The van der Waals surface area contributed by atoms with Crippen molar-refractivity contribution in [3.63, 3.8) is 0 Å². The fourth-order valence-corrected chi connectivity index (χ4v) is 6.75. The van der Waals surface area contributed by atoms with Crippen LogP contribution >= 0.6 is 0 Å². The minimum atomic E-state index is -2.57. The number of hydrogen-bond donors (Lipinski definition) is 3. The fourth-order valence-electron chi connectivity index (χ4n) is 3.45. The number of rotatable bonds is 4. The highest BCUT2D eigenvalue weighted by atomic mass is 28.3. The molecule has 142 valence electrons. The van der Waals surface area contributed by atoms with Crippen molar-refractivity contribution in [2.75, 3.05) is 13.7 Å². The van der Waals surface area contributed by atoms with Crippen LogP contribution in [0.5, 0.6) is 0 Å². The summed E-state index contributed by atoms with van der Waals surface area (Å²) in [7, 11) is -1.13. The van der Waals surface area contributed by atoms with Gasteiger partial charge >= 0.3 is 5.69 Å². The molecular formula is C16H28N2O6Si. The maximum atomic E-state index is 12.6. The van der Waals surface area contributed by atoms with E-state index in [1.54, 1.807) is 0 Å². The number of methoxy groups -OCH3 is 1. The minimum absolute atomic E-state index is 0.247. The van der Waals surface area contributed by atoms with Gasteiger partial charge < -0.3 is 19.7 Å². The van der Waals surface area contributed by atoms with E-state index in [1.807, 2.05) is 33.9 Å². The molecule has 0 amide bonds. The molecule has 0 aliphatic carbocycles. The molecule has 2 heterocycles. The Morgan fingerprint density at radius 2 is 2.00 bits per heavy atom. The van der Waals surface area contributed by atoms with Crippen LogP contribution in [0.3, 0.4) is 0 Å². The van der Waals surface area contributed by atoms with Crippen molar-refractivity contribution in [2.24, 2.45) is 0 Å². The zero-order chi connectivity index (χ0) is 19.2. The lowest BCUT2D eigenvalue weighted by molar-refractivity contribution is -0.108. The van der Waals surface area contributed by atoms with Crippen molar-refractivity contribution in [3.8, 4) is 0 Å². The first kappa shape index (κ1) is 20.1. The topological polar surface area (TPSA) is 114 Å². The number of aliphatic hydroxyl groups is 2. The molecule has 0 radical (unpaired) electrons. The third-order valence-corrected chi connectivity index (χ3v) is 12.0. The highest BCUT2D eigenvalue weighted by Crippen LogP contribution is 2.52. The summed E-state index contributed by atoms with van der Waals surface area (Å²) in [6.07, 6.45) is -1.49. The summed E-state index contributed by atoms with van der Waals surface area (Å²) in [5, 5.41) is 18.7. The van der Waals surface area contributed by atoms with Gasteiger partial charge in [0, 0.05) is 19.4 Å². The molecule has 9 heteroatoms. The summed E-state index contributed by atoms with van der Waals surface area (Å²) in [5.41, 5.74) is -1.15. The lowest BCUT2D eigenvalue weighted by Crippen LogP contribution is -2.69. The second kappa shape index (κ2) is 6.47. The number of ether oxygens (including phenoxy) is 2. The smallest absolute Gasteiger partial charge is 0.330 e. The molecule has 1 saturated heterocycles. The van der Waals surface area contributed by atoms with Gasteiger partial charge in [-0.05, 0) is 5.04 Å². The second-order valence-electron chi connectivity index (χ2n) is 8.04. The van der Waals surface area contributed by atoms with Gasteiger partial charge in [0.1, 0.15) is 26.4 Å². The van der Waals surface area contributed by atoms with Crippen molar-refractivity contribution in [1.82, 2.24) is 9.55 Å². The van der Waals surface area contributed by atoms with Crippen LogP contribution in [0.2, 0.25) is 18.1 Å². The fraction of sp³-hybridized carbons (Fsp3) is 0.750. The first-order chi connectivity index (χ1) is 11.4. The van der Waals surface area contributed by atoms with E-state index in [4.69, 9.17) is 9.47 Å². The van der Waals surface area contributed by atoms with Crippen LogP contribution in [-0.4, -0.2) is 59.9 Å². The van der Waals surface area contributed by atoms with E-state index >= 15 is 0 Å². The van der Waals surface area contributed by atoms with Crippen molar-refractivity contribution < 1.29 is 19.7 Å². The van der Waals surface area contributed by atoms with Crippen LogP contribution in [0.15, 0.2) is 21.9 Å². The van der Waals surface area contributed by atoms with Crippen LogP contribution in [0.25, 0.3) is 0 Å². The summed E-state index contributed by atoms with van der Waals surface area (Å²) in [6.45, 7) is 9.83. The Hall–Kier alpha value is -1.26. The molecule has 0 saturated carbocycles. The lowest BCUT2D eigenvalue weighted by Gasteiger charge is -2.52. The van der Waals surface area contributed by atoms with Crippen molar-refractivity contribution in [1.29, 1.82) is 0 Å². The van der Waals surface area contributed by atoms with E-state index in [-0.39, 0.29) is 5.04 Å². The molecule has 1 aromatic rings. The summed E-state index contributed by atoms with van der Waals surface area (Å²) < 4.78 is 13.1. The molecule has 0 bridgehead atoms. The summed E-state index contributed by atoms with van der Waals surface area (Å²) >= 11 is 0. The van der Waals surface area contributed by atoms with Crippen molar-refractivity contribution in [3.05, 3.63) is 33.1 Å². The lowest BCUT2D eigenvalue weighted by atomic mass is 10.1. The van der Waals surface area contributed by atoms with Gasteiger partial charge in [-0.15, -0.1) is 0 Å². The molecule has 1 aromatic heterocycles. The van der Waals surface area contributed by atoms with Gasteiger partial charge in [0.25, 0.3) is 5.56 Å². The Kier molecular flexibility index (Phi) is 5.19. The van der Waals surface area contributed by atoms with Crippen molar-refractivity contribution >= 4 is 8.07 Å². The van der Waals surface area contributed by atoms with Gasteiger partial charge in [-0.3, -0.25) is 14.3 Å². The molecule has 25 heavy (non-hydrogen) atoms. The zero-order valence-electron chi connectivity index (χ0n) is 15.6. The summed E-state index contributed by atoms with van der Waals surface area (Å²) in [4.78, 5) is 26.4. The zero-order valence-corrected chi connectivity index (χ0v) is 16.6. The summed E-state index contributed by atoms with van der Waals surface area (Å²) in [5.74, 6) is 0. The first-order valence-electron chi connectivity index (χ1n) is 8.26. The number of aromatic nitrogens is 2. The summed E-state index contributed by atoms with van der Waals surface area (Å²) in [6, 6.07) is 1.24. The number of H-pyrrole nitrogens is 1. The van der Waals surface area contributed by atoms with Crippen LogP contribution < -0.4 is 11.2 Å². The Morgan fingerprint density at radius 1 is 1.40 bits per heavy atom. The van der Waals surface area contributed by atoms with E-state index in [2.05, 4.69) is 4.98 Å². The monoisotopic (exact) mass is 372 g/mol. The predicted octanol–water partition coefficient (Wildman–Crippen LogP) is 0.00410. The molecule has 8 nitrogen and oxygen atoms in total. The molecular weight excluding hydrogens is 344 g/mol. The third-order valence-electron chi connectivity index (χ3n) is 5.79. The Bertz CT molecular complexity index is 737. The van der Waals surface area contributed by atoms with Gasteiger partial charge in [0.05, 0.1) is 6.61 Å². The SMILES string of the molecule is CO[C@@H]1[C@H](O)[C@@H](CO)O[C@]1(n1ccc(=O)[nH]c1=O)[Si](C)(C)C(C)(C)C. The number of aromatic amines is 1. The standard InChI is InChI=1S/C16H28N2O6Si/c1-15(2,3)25(5,6)16(18-8-7-11(20)17-14(18)22)13(23-4)12(21)10(9-19)24-16/h7-8,10,12-13,19,21H,9H2,1-6H3,(H,17,20,22)/t10-,12-,13-,16+/m1/s1. The van der Waals surface area contributed by atoms with E-state index in [0.29, 0.717) is 0 Å². The Balaban J connectivity index is 2.86. The molecule has 0 unspecified atom stereocenters. The largest absolute Gasteiger partial charge is 0.394 e. The highest BCUT2D eigenvalue weighted by molar-refractivity contribution is 6.82. The third kappa shape index (κ3) is 2.83. The number of hydrogen-bond acceptors (Lipinski definition) is 6. The average Bonchev–Trinajstić information content (AvgIpc) is 2.79. The average molecular weight is 372 g/mol. The first-order valence-corrected chi connectivity index (χ1v) is 11.3. The number of nitrogens with one attached hydrogen (secondary N) is 1. The van der Waals surface area contributed by atoms with Gasteiger partial charge in [-0.1, -0.05) is 33.9 Å². The minimum Gasteiger partial charge on any atom is -0.394 e. The maximum Gasteiger partial charge on any atom is 0.330 e.